The molecule has 1 aliphatic rings. The van der Waals surface area contributed by atoms with Crippen molar-refractivity contribution in [1.82, 2.24) is 15.0 Å². The van der Waals surface area contributed by atoms with E-state index >= 15 is 0 Å². The second-order valence-electron chi connectivity index (χ2n) is 6.68. The number of pyridine rings is 3. The van der Waals surface area contributed by atoms with Gasteiger partial charge in [0.05, 0.1) is 5.69 Å². The fourth-order valence-electron chi connectivity index (χ4n) is 3.02. The number of nitrogen functional groups attached to an aromatic ring is 1. The molecule has 0 spiro atoms. The minimum absolute atomic E-state index is 0.0321. The Balaban J connectivity index is 1.73. The fourth-order valence-corrected chi connectivity index (χ4v) is 3.02. The molecule has 6 heteroatoms. The summed E-state index contributed by atoms with van der Waals surface area (Å²) in [4.78, 5) is 25.1. The molecule has 1 aliphatic carbocycles. The molecule has 1 amide bonds. The van der Waals surface area contributed by atoms with Crippen LogP contribution in [0.25, 0.3) is 22.0 Å². The van der Waals surface area contributed by atoms with Crippen LogP contribution in [0.4, 0.5) is 11.6 Å². The summed E-state index contributed by atoms with van der Waals surface area (Å²) >= 11 is 0. The van der Waals surface area contributed by atoms with Crippen LogP contribution in [0.5, 0.6) is 0 Å². The lowest BCUT2D eigenvalue weighted by Crippen LogP contribution is -2.15. The largest absolute Gasteiger partial charge is 0.383 e. The standard InChI is InChI=1S/C19H19N5O/c1-10-3-4-21-8-14(10)16-6-12-7-17(22-9-15(12)18(20)23-16)24-19(25)13-5-11(13)2/h3-4,6-9,11,13H,5H2,1-2H3,(H2,20,23)(H,22,24,25)/t11-,13+/m0/s1. The van der Waals surface area contributed by atoms with Crippen LogP contribution < -0.4 is 11.1 Å². The number of nitrogens with one attached hydrogen (secondary N) is 1. The van der Waals surface area contributed by atoms with E-state index in [1.165, 1.54) is 0 Å². The van der Waals surface area contributed by atoms with Crippen LogP contribution in [0, 0.1) is 18.8 Å². The number of carbonyl (C=O) groups excluding carboxylic acids is 1. The number of rotatable bonds is 3. The molecule has 0 radical (unpaired) electrons. The van der Waals surface area contributed by atoms with Gasteiger partial charge in [0.15, 0.2) is 0 Å². The van der Waals surface area contributed by atoms with Gasteiger partial charge < -0.3 is 11.1 Å². The van der Waals surface area contributed by atoms with E-state index in [9.17, 15) is 4.79 Å². The van der Waals surface area contributed by atoms with Crippen LogP contribution in [0.15, 0.2) is 36.8 Å². The van der Waals surface area contributed by atoms with Gasteiger partial charge in [0.2, 0.25) is 5.91 Å². The van der Waals surface area contributed by atoms with Gasteiger partial charge in [-0.3, -0.25) is 9.78 Å². The topological polar surface area (TPSA) is 93.8 Å². The van der Waals surface area contributed by atoms with Gasteiger partial charge in [-0.1, -0.05) is 6.92 Å². The van der Waals surface area contributed by atoms with Gasteiger partial charge in [0.25, 0.3) is 0 Å². The second-order valence-corrected chi connectivity index (χ2v) is 6.68. The zero-order valence-electron chi connectivity index (χ0n) is 14.2. The van der Waals surface area contributed by atoms with Gasteiger partial charge in [-0.2, -0.15) is 0 Å². The zero-order chi connectivity index (χ0) is 17.6. The van der Waals surface area contributed by atoms with Crippen molar-refractivity contribution in [3.05, 3.63) is 42.4 Å². The van der Waals surface area contributed by atoms with E-state index in [1.54, 1.807) is 18.6 Å². The normalized spacial score (nSPS) is 19.0. The SMILES string of the molecule is Cc1ccncc1-c1cc2cc(NC(=O)[C@@H]3C[C@@H]3C)ncc2c(N)n1. The van der Waals surface area contributed by atoms with Crippen molar-refractivity contribution in [1.29, 1.82) is 0 Å². The maximum absolute atomic E-state index is 12.1. The number of anilines is 2. The predicted molar refractivity (Wildman–Crippen MR) is 97.8 cm³/mol. The van der Waals surface area contributed by atoms with Gasteiger partial charge in [0.1, 0.15) is 11.6 Å². The summed E-state index contributed by atoms with van der Waals surface area (Å²) in [6.07, 6.45) is 6.13. The van der Waals surface area contributed by atoms with E-state index in [0.717, 1.165) is 34.0 Å². The predicted octanol–water partition coefficient (Wildman–Crippen LogP) is 3.18. The Morgan fingerprint density at radius 1 is 1.32 bits per heavy atom. The Kier molecular flexibility index (Phi) is 3.60. The lowest BCUT2D eigenvalue weighted by Gasteiger charge is -2.10. The number of amides is 1. The van der Waals surface area contributed by atoms with E-state index in [-0.39, 0.29) is 11.8 Å². The fraction of sp³-hybridized carbons (Fsp3) is 0.263. The maximum Gasteiger partial charge on any atom is 0.228 e. The van der Waals surface area contributed by atoms with Crippen LogP contribution >= 0.6 is 0 Å². The highest BCUT2D eigenvalue weighted by atomic mass is 16.2. The summed E-state index contributed by atoms with van der Waals surface area (Å²) in [5.74, 6) is 1.55. The molecule has 3 N–H and O–H groups in total. The lowest BCUT2D eigenvalue weighted by molar-refractivity contribution is -0.117. The number of carbonyl (C=O) groups is 1. The van der Waals surface area contributed by atoms with Gasteiger partial charge in [-0.15, -0.1) is 0 Å². The molecule has 6 nitrogen and oxygen atoms in total. The Morgan fingerprint density at radius 2 is 2.12 bits per heavy atom. The quantitative estimate of drug-likeness (QED) is 0.768. The highest BCUT2D eigenvalue weighted by molar-refractivity contribution is 5.98. The number of nitrogens with zero attached hydrogens (tertiary/aromatic N) is 3. The molecule has 3 heterocycles. The summed E-state index contributed by atoms with van der Waals surface area (Å²) in [6, 6.07) is 5.73. The smallest absolute Gasteiger partial charge is 0.228 e. The molecule has 126 valence electrons. The Bertz CT molecular complexity index is 985. The van der Waals surface area contributed by atoms with Crippen LogP contribution in [0.3, 0.4) is 0 Å². The van der Waals surface area contributed by atoms with Crippen LogP contribution in [-0.4, -0.2) is 20.9 Å². The zero-order valence-corrected chi connectivity index (χ0v) is 14.2. The van der Waals surface area contributed by atoms with Gasteiger partial charge in [-0.05, 0) is 48.4 Å². The first-order valence-corrected chi connectivity index (χ1v) is 8.31. The Labute approximate surface area is 145 Å². The van der Waals surface area contributed by atoms with E-state index in [1.807, 2.05) is 25.1 Å². The number of hydrogen-bond acceptors (Lipinski definition) is 5. The first-order chi connectivity index (χ1) is 12.0. The van der Waals surface area contributed by atoms with Crippen molar-refractivity contribution in [2.24, 2.45) is 11.8 Å². The summed E-state index contributed by atoms with van der Waals surface area (Å²) in [5, 5.41) is 4.55. The number of hydrogen-bond donors (Lipinski definition) is 2. The third-order valence-corrected chi connectivity index (χ3v) is 4.76. The first kappa shape index (κ1) is 15.5. The molecule has 0 unspecified atom stereocenters. The molecule has 0 bridgehead atoms. The molecule has 2 atom stereocenters. The first-order valence-electron chi connectivity index (χ1n) is 8.31. The molecule has 1 saturated carbocycles. The molecular formula is C19H19N5O. The minimum atomic E-state index is 0.0321. The van der Waals surface area contributed by atoms with Crippen LogP contribution in [0.2, 0.25) is 0 Å². The van der Waals surface area contributed by atoms with Gasteiger partial charge >= 0.3 is 0 Å². The molecule has 0 aromatic carbocycles. The van der Waals surface area contributed by atoms with Crippen molar-refractivity contribution in [3.63, 3.8) is 0 Å². The van der Waals surface area contributed by atoms with Crippen LogP contribution in [0.1, 0.15) is 18.9 Å². The number of aromatic nitrogens is 3. The van der Waals surface area contributed by atoms with Crippen molar-refractivity contribution < 1.29 is 4.79 Å². The van der Waals surface area contributed by atoms with Crippen LogP contribution in [-0.2, 0) is 4.79 Å². The van der Waals surface area contributed by atoms with E-state index in [0.29, 0.717) is 17.6 Å². The summed E-state index contributed by atoms with van der Waals surface area (Å²) in [5.41, 5.74) is 8.88. The van der Waals surface area contributed by atoms with Gasteiger partial charge in [-0.25, -0.2) is 9.97 Å². The van der Waals surface area contributed by atoms with E-state index < -0.39 is 0 Å². The summed E-state index contributed by atoms with van der Waals surface area (Å²) in [6.45, 7) is 4.08. The number of aryl methyl sites for hydroxylation is 1. The molecule has 0 aliphatic heterocycles. The molecule has 3 aromatic heterocycles. The lowest BCUT2D eigenvalue weighted by atomic mass is 10.1. The third kappa shape index (κ3) is 2.91. The van der Waals surface area contributed by atoms with E-state index in [2.05, 4.69) is 27.2 Å². The van der Waals surface area contributed by atoms with Crippen molar-refractivity contribution in [2.75, 3.05) is 11.1 Å². The van der Waals surface area contributed by atoms with Gasteiger partial charge in [0, 0.05) is 35.5 Å². The number of nitrogens with two attached hydrogens (primary N) is 1. The molecular weight excluding hydrogens is 314 g/mol. The Morgan fingerprint density at radius 3 is 2.84 bits per heavy atom. The van der Waals surface area contributed by atoms with E-state index in [4.69, 9.17) is 5.73 Å². The highest BCUT2D eigenvalue weighted by Gasteiger charge is 2.39. The molecule has 4 rings (SSSR count). The van der Waals surface area contributed by atoms with Crippen molar-refractivity contribution in [2.45, 2.75) is 20.3 Å². The number of fused-ring (bicyclic) bond motifs is 1. The third-order valence-electron chi connectivity index (χ3n) is 4.76. The average Bonchev–Trinajstić information content (AvgIpc) is 3.32. The van der Waals surface area contributed by atoms with Crippen molar-refractivity contribution >= 4 is 28.3 Å². The average molecular weight is 333 g/mol. The molecule has 0 saturated heterocycles. The summed E-state index contributed by atoms with van der Waals surface area (Å²) < 4.78 is 0. The molecule has 1 fully saturated rings. The highest BCUT2D eigenvalue weighted by Crippen LogP contribution is 2.38. The molecule has 3 aromatic rings. The maximum atomic E-state index is 12.1. The monoisotopic (exact) mass is 333 g/mol. The Hall–Kier alpha value is -3.02. The minimum Gasteiger partial charge on any atom is -0.383 e. The van der Waals surface area contributed by atoms with Crippen molar-refractivity contribution in [3.8, 4) is 11.3 Å². The second kappa shape index (κ2) is 5.81. The molecule has 25 heavy (non-hydrogen) atoms. The summed E-state index contributed by atoms with van der Waals surface area (Å²) in [7, 11) is 0.